The average molecular weight is 222 g/mol. The van der Waals surface area contributed by atoms with Gasteiger partial charge >= 0.3 is 5.69 Å². The Morgan fingerprint density at radius 2 is 2.25 bits per heavy atom. The van der Waals surface area contributed by atoms with Crippen molar-refractivity contribution < 1.29 is 4.52 Å². The lowest BCUT2D eigenvalue weighted by atomic mass is 10.5. The van der Waals surface area contributed by atoms with Crippen LogP contribution in [0.1, 0.15) is 12.7 Å². The van der Waals surface area contributed by atoms with Gasteiger partial charge in [-0.3, -0.25) is 9.36 Å². The van der Waals surface area contributed by atoms with Gasteiger partial charge in [-0.25, -0.2) is 4.79 Å². The van der Waals surface area contributed by atoms with Gasteiger partial charge < -0.3 is 9.09 Å². The van der Waals surface area contributed by atoms with E-state index >= 15 is 0 Å². The maximum atomic E-state index is 11.8. The maximum absolute atomic E-state index is 11.8. The Kier molecular flexibility index (Phi) is 2.67. The summed E-state index contributed by atoms with van der Waals surface area (Å²) in [7, 11) is 0. The molecule has 0 aliphatic heterocycles. The summed E-state index contributed by atoms with van der Waals surface area (Å²) in [5.41, 5.74) is -0.751. The van der Waals surface area contributed by atoms with Gasteiger partial charge in [-0.2, -0.15) is 4.98 Å². The van der Waals surface area contributed by atoms with Crippen molar-refractivity contribution in [1.82, 2.24) is 19.3 Å². The fourth-order valence-corrected chi connectivity index (χ4v) is 1.35. The summed E-state index contributed by atoms with van der Waals surface area (Å²) in [4.78, 5) is 27.0. The first-order valence-corrected chi connectivity index (χ1v) is 4.78. The molecule has 0 unspecified atom stereocenters. The number of aryl methyl sites for hydroxylation is 1. The highest BCUT2D eigenvalue weighted by Crippen LogP contribution is 1.89. The van der Waals surface area contributed by atoms with E-state index in [0.29, 0.717) is 12.4 Å². The van der Waals surface area contributed by atoms with E-state index in [2.05, 4.69) is 14.7 Å². The quantitative estimate of drug-likeness (QED) is 0.696. The van der Waals surface area contributed by atoms with Gasteiger partial charge in [0.05, 0.1) is 6.54 Å². The fourth-order valence-electron chi connectivity index (χ4n) is 1.35. The molecule has 7 nitrogen and oxygen atoms in total. The predicted octanol–water partition coefficient (Wildman–Crippen LogP) is -0.539. The van der Waals surface area contributed by atoms with Crippen molar-refractivity contribution in [2.45, 2.75) is 20.0 Å². The molecule has 0 aliphatic rings. The molecule has 7 heteroatoms. The molecule has 0 bridgehead atoms. The topological polar surface area (TPSA) is 82.9 Å². The minimum Gasteiger partial charge on any atom is -0.343 e. The van der Waals surface area contributed by atoms with Gasteiger partial charge in [-0.15, -0.1) is 0 Å². The Bertz CT molecular complexity index is 582. The van der Waals surface area contributed by atoms with E-state index < -0.39 is 0 Å². The van der Waals surface area contributed by atoms with E-state index in [4.69, 9.17) is 0 Å². The van der Waals surface area contributed by atoms with Gasteiger partial charge in [0.15, 0.2) is 5.82 Å². The van der Waals surface area contributed by atoms with E-state index in [0.717, 1.165) is 11.0 Å². The molecular weight excluding hydrogens is 212 g/mol. The van der Waals surface area contributed by atoms with Crippen LogP contribution in [0.3, 0.4) is 0 Å². The Balaban J connectivity index is 2.48. The summed E-state index contributed by atoms with van der Waals surface area (Å²) < 4.78 is 7.03. The largest absolute Gasteiger partial charge is 0.343 e. The zero-order valence-corrected chi connectivity index (χ0v) is 8.66. The molecule has 0 saturated carbocycles. The van der Waals surface area contributed by atoms with Crippen LogP contribution < -0.4 is 11.2 Å². The van der Waals surface area contributed by atoms with Gasteiger partial charge in [0.1, 0.15) is 0 Å². The summed E-state index contributed by atoms with van der Waals surface area (Å²) in [6, 6.07) is 1.34. The highest BCUT2D eigenvalue weighted by molar-refractivity contribution is 4.90. The normalized spacial score (nSPS) is 10.6. The smallest absolute Gasteiger partial charge is 0.331 e. The van der Waals surface area contributed by atoms with E-state index in [-0.39, 0.29) is 17.8 Å². The second kappa shape index (κ2) is 4.13. The van der Waals surface area contributed by atoms with Crippen molar-refractivity contribution in [3.8, 4) is 0 Å². The molecule has 0 amide bonds. The Labute approximate surface area is 90.0 Å². The van der Waals surface area contributed by atoms with Gasteiger partial charge in [-0.05, 0) is 6.92 Å². The minimum absolute atomic E-state index is 0.0228. The van der Waals surface area contributed by atoms with Crippen LogP contribution in [-0.2, 0) is 13.1 Å². The lowest BCUT2D eigenvalue weighted by Crippen LogP contribution is -2.39. The third-order valence-corrected chi connectivity index (χ3v) is 2.19. The molecule has 0 saturated heterocycles. The van der Waals surface area contributed by atoms with Gasteiger partial charge in [0.25, 0.3) is 5.56 Å². The van der Waals surface area contributed by atoms with Crippen LogP contribution in [0.2, 0.25) is 0 Å². The first-order chi connectivity index (χ1) is 7.72. The summed E-state index contributed by atoms with van der Waals surface area (Å²) in [6.07, 6.45) is 2.62. The molecule has 2 aromatic heterocycles. The van der Waals surface area contributed by atoms with Crippen molar-refractivity contribution in [3.63, 3.8) is 0 Å². The number of nitrogens with zero attached hydrogens (tertiary/aromatic N) is 4. The van der Waals surface area contributed by atoms with Crippen molar-refractivity contribution in [2.75, 3.05) is 0 Å². The lowest BCUT2D eigenvalue weighted by molar-refractivity contribution is 0.406. The van der Waals surface area contributed by atoms with E-state index in [1.54, 1.807) is 0 Å². The van der Waals surface area contributed by atoms with Gasteiger partial charge in [0.2, 0.25) is 6.39 Å². The molecule has 0 fully saturated rings. The number of hydrogen-bond acceptors (Lipinski definition) is 5. The second-order valence-corrected chi connectivity index (χ2v) is 3.16. The molecule has 84 valence electrons. The first-order valence-electron chi connectivity index (χ1n) is 4.78. The van der Waals surface area contributed by atoms with Crippen LogP contribution in [0.5, 0.6) is 0 Å². The second-order valence-electron chi connectivity index (χ2n) is 3.16. The monoisotopic (exact) mass is 222 g/mol. The Hall–Kier alpha value is -2.18. The van der Waals surface area contributed by atoms with Crippen molar-refractivity contribution in [1.29, 1.82) is 0 Å². The van der Waals surface area contributed by atoms with Gasteiger partial charge in [-0.1, -0.05) is 5.16 Å². The van der Waals surface area contributed by atoms with Crippen LogP contribution in [0.15, 0.2) is 32.8 Å². The fraction of sp³-hybridized carbons (Fsp3) is 0.333. The predicted molar refractivity (Wildman–Crippen MR) is 54.0 cm³/mol. The van der Waals surface area contributed by atoms with Crippen LogP contribution in [0.25, 0.3) is 0 Å². The van der Waals surface area contributed by atoms with Crippen LogP contribution in [-0.4, -0.2) is 19.3 Å². The maximum Gasteiger partial charge on any atom is 0.331 e. The molecular formula is C9H10N4O3. The highest BCUT2D eigenvalue weighted by atomic mass is 16.5. The zero-order chi connectivity index (χ0) is 11.5. The molecule has 0 N–H and O–H groups in total. The number of hydrogen-bond donors (Lipinski definition) is 0. The molecule has 2 rings (SSSR count). The molecule has 0 spiro atoms. The van der Waals surface area contributed by atoms with Crippen LogP contribution >= 0.6 is 0 Å². The van der Waals surface area contributed by atoms with Crippen LogP contribution in [0, 0.1) is 0 Å². The summed E-state index contributed by atoms with van der Waals surface area (Å²) in [6.45, 7) is 2.35. The number of aromatic nitrogens is 4. The molecule has 2 heterocycles. The van der Waals surface area contributed by atoms with Crippen molar-refractivity contribution >= 4 is 0 Å². The molecule has 16 heavy (non-hydrogen) atoms. The van der Waals surface area contributed by atoms with Crippen LogP contribution in [0.4, 0.5) is 0 Å². The Morgan fingerprint density at radius 1 is 1.44 bits per heavy atom. The zero-order valence-electron chi connectivity index (χ0n) is 8.66. The van der Waals surface area contributed by atoms with Crippen molar-refractivity contribution in [2.24, 2.45) is 0 Å². The van der Waals surface area contributed by atoms with E-state index in [1.165, 1.54) is 16.8 Å². The third kappa shape index (κ3) is 1.79. The molecule has 2 aromatic rings. The lowest BCUT2D eigenvalue weighted by Gasteiger charge is -2.05. The molecule has 0 atom stereocenters. The molecule has 0 radical (unpaired) electrons. The first kappa shape index (κ1) is 10.3. The molecule has 0 aromatic carbocycles. The SMILES string of the molecule is CCn1ccc(=O)n(Cc2ncon2)c1=O. The summed E-state index contributed by atoms with van der Waals surface area (Å²) >= 11 is 0. The van der Waals surface area contributed by atoms with E-state index in [1.807, 2.05) is 6.92 Å². The minimum atomic E-state index is -0.375. The van der Waals surface area contributed by atoms with Gasteiger partial charge in [0, 0.05) is 18.8 Å². The molecule has 0 aliphatic carbocycles. The van der Waals surface area contributed by atoms with Crippen molar-refractivity contribution in [3.05, 3.63) is 45.3 Å². The summed E-state index contributed by atoms with van der Waals surface area (Å²) in [5.74, 6) is 0.299. The third-order valence-electron chi connectivity index (χ3n) is 2.19. The average Bonchev–Trinajstić information content (AvgIpc) is 2.77. The van der Waals surface area contributed by atoms with E-state index in [9.17, 15) is 9.59 Å². The highest BCUT2D eigenvalue weighted by Gasteiger charge is 2.07. The number of rotatable bonds is 3. The standard InChI is InChI=1S/C9H10N4O3/c1-2-12-4-3-8(14)13(9(12)15)5-7-10-6-16-11-7/h3-4,6H,2,5H2,1H3. The summed E-state index contributed by atoms with van der Waals surface area (Å²) in [5, 5.41) is 3.56. The Morgan fingerprint density at radius 3 is 2.88 bits per heavy atom.